The molecule has 0 aromatic heterocycles. The summed E-state index contributed by atoms with van der Waals surface area (Å²) >= 11 is 1.44. The maximum atomic E-state index is 12.7. The van der Waals surface area contributed by atoms with Crippen molar-refractivity contribution in [2.45, 2.75) is 32.2 Å². The minimum Gasteiger partial charge on any atom is -0.383 e. The number of aliphatic imine (C=N–C) groups is 2. The zero-order chi connectivity index (χ0) is 28.0. The van der Waals surface area contributed by atoms with Crippen molar-refractivity contribution in [1.29, 1.82) is 0 Å². The van der Waals surface area contributed by atoms with Crippen LogP contribution in [-0.2, 0) is 6.18 Å². The molecule has 1 fully saturated rings. The van der Waals surface area contributed by atoms with Gasteiger partial charge >= 0.3 is 6.18 Å². The van der Waals surface area contributed by atoms with Gasteiger partial charge in [-0.15, -0.1) is 5.10 Å². The van der Waals surface area contributed by atoms with E-state index in [1.165, 1.54) is 30.2 Å². The molecule has 1 atom stereocenters. The Balaban J connectivity index is 1.41. The van der Waals surface area contributed by atoms with Crippen LogP contribution in [0.4, 0.5) is 24.5 Å². The fraction of sp³-hybridized carbons (Fsp3) is 0.214. The number of alkyl halides is 3. The average molecular weight is 553 g/mol. The first-order valence-electron chi connectivity index (χ1n) is 12.1. The predicted octanol–water partition coefficient (Wildman–Crippen LogP) is 6.16. The molecule has 1 heterocycles. The van der Waals surface area contributed by atoms with Gasteiger partial charge in [0.15, 0.2) is 5.17 Å². The van der Waals surface area contributed by atoms with Gasteiger partial charge in [-0.05, 0) is 47.4 Å². The van der Waals surface area contributed by atoms with Crippen molar-refractivity contribution >= 4 is 46.7 Å². The number of amidine groups is 2. The third kappa shape index (κ3) is 7.12. The molecule has 0 amide bonds. The number of rotatable bonds is 7. The molecule has 202 valence electrons. The molecule has 0 aliphatic carbocycles. The van der Waals surface area contributed by atoms with E-state index < -0.39 is 18.0 Å². The van der Waals surface area contributed by atoms with Gasteiger partial charge in [0.2, 0.25) is 0 Å². The number of para-hydroxylation sites is 1. The van der Waals surface area contributed by atoms with Crippen LogP contribution in [0.2, 0.25) is 0 Å². The van der Waals surface area contributed by atoms with Crippen molar-refractivity contribution in [3.8, 4) is 0 Å². The molecule has 3 aromatic rings. The lowest BCUT2D eigenvalue weighted by molar-refractivity contribution is -0.137. The zero-order valence-corrected chi connectivity index (χ0v) is 22.1. The van der Waals surface area contributed by atoms with Crippen molar-refractivity contribution < 1.29 is 18.3 Å². The lowest BCUT2D eigenvalue weighted by atomic mass is 10.0. The van der Waals surface area contributed by atoms with Crippen molar-refractivity contribution in [1.82, 2.24) is 0 Å². The van der Waals surface area contributed by atoms with Crippen LogP contribution in [0.1, 0.15) is 42.0 Å². The number of thioether (sulfide) groups is 1. The van der Waals surface area contributed by atoms with E-state index in [0.717, 1.165) is 28.9 Å². The Labute approximate surface area is 228 Å². The second kappa shape index (κ2) is 12.3. The van der Waals surface area contributed by atoms with Crippen molar-refractivity contribution in [3.63, 3.8) is 0 Å². The monoisotopic (exact) mass is 552 g/mol. The molecule has 1 saturated heterocycles. The molecule has 1 aliphatic heterocycles. The van der Waals surface area contributed by atoms with Gasteiger partial charge in [-0.3, -0.25) is 4.90 Å². The number of benzene rings is 3. The van der Waals surface area contributed by atoms with Gasteiger partial charge in [0.1, 0.15) is 18.4 Å². The third-order valence-electron chi connectivity index (χ3n) is 5.84. The van der Waals surface area contributed by atoms with E-state index in [2.05, 4.69) is 34.0 Å². The van der Waals surface area contributed by atoms with Crippen LogP contribution in [0.15, 0.2) is 93.0 Å². The summed E-state index contributed by atoms with van der Waals surface area (Å²) in [5.74, 6) is 0.982. The van der Waals surface area contributed by atoms with Crippen molar-refractivity contribution in [2.75, 3.05) is 10.7 Å². The Kier molecular flexibility index (Phi) is 8.82. The highest BCUT2D eigenvalue weighted by Crippen LogP contribution is 2.35. The lowest BCUT2D eigenvalue weighted by Crippen LogP contribution is -2.34. The molecule has 1 aliphatic rings. The summed E-state index contributed by atoms with van der Waals surface area (Å²) in [4.78, 5) is 9.89. The van der Waals surface area contributed by atoms with Gasteiger partial charge in [-0.1, -0.05) is 68.1 Å². The molecular weight excluding hydrogens is 525 g/mol. The van der Waals surface area contributed by atoms with E-state index in [0.29, 0.717) is 22.2 Å². The SMILES string of the molecule is CC(C)c1ccccc1N1/C(=N\N=C\c2ccc(C(N)=NC=Nc3ccc(C(F)(F)F)cc3)cc2)SCC1O. The van der Waals surface area contributed by atoms with Gasteiger partial charge in [-0.2, -0.15) is 18.3 Å². The molecule has 11 heteroatoms. The van der Waals surface area contributed by atoms with Crippen LogP contribution in [0, 0.1) is 0 Å². The fourth-order valence-electron chi connectivity index (χ4n) is 3.81. The first kappa shape index (κ1) is 28.1. The molecule has 1 unspecified atom stereocenters. The highest BCUT2D eigenvalue weighted by atomic mass is 32.2. The number of aliphatic hydroxyl groups is 1. The summed E-state index contributed by atoms with van der Waals surface area (Å²) in [6.45, 7) is 4.22. The number of hydrogen-bond donors (Lipinski definition) is 2. The summed E-state index contributed by atoms with van der Waals surface area (Å²) in [6, 6.07) is 19.5. The van der Waals surface area contributed by atoms with E-state index in [1.807, 2.05) is 29.2 Å². The molecule has 0 radical (unpaired) electrons. The topological polar surface area (TPSA) is 98.9 Å². The van der Waals surface area contributed by atoms with Crippen LogP contribution in [0.3, 0.4) is 0 Å². The largest absolute Gasteiger partial charge is 0.416 e. The van der Waals surface area contributed by atoms with Gasteiger partial charge in [-0.25, -0.2) is 9.98 Å². The molecule has 7 nitrogen and oxygen atoms in total. The second-order valence-corrected chi connectivity index (χ2v) is 9.91. The summed E-state index contributed by atoms with van der Waals surface area (Å²) < 4.78 is 38.0. The Hall–Kier alpha value is -3.96. The first-order chi connectivity index (χ1) is 18.6. The summed E-state index contributed by atoms with van der Waals surface area (Å²) in [5.41, 5.74) is 9.06. The van der Waals surface area contributed by atoms with Crippen LogP contribution >= 0.6 is 11.8 Å². The molecule has 0 bridgehead atoms. The van der Waals surface area contributed by atoms with Crippen LogP contribution in [0.25, 0.3) is 0 Å². The van der Waals surface area contributed by atoms with Crippen LogP contribution in [0.5, 0.6) is 0 Å². The molecular formula is C28H27F3N6OS. The number of nitrogens with two attached hydrogens (primary N) is 1. The van der Waals surface area contributed by atoms with E-state index in [4.69, 9.17) is 5.73 Å². The average Bonchev–Trinajstić information content (AvgIpc) is 3.28. The zero-order valence-electron chi connectivity index (χ0n) is 21.2. The molecule has 39 heavy (non-hydrogen) atoms. The molecule has 0 spiro atoms. The highest BCUT2D eigenvalue weighted by Gasteiger charge is 2.32. The second-order valence-electron chi connectivity index (χ2n) is 8.93. The minimum absolute atomic E-state index is 0.199. The molecule has 3 N–H and O–H groups in total. The van der Waals surface area contributed by atoms with E-state index in [1.54, 1.807) is 30.5 Å². The van der Waals surface area contributed by atoms with Crippen molar-refractivity contribution in [2.24, 2.45) is 25.9 Å². The van der Waals surface area contributed by atoms with E-state index in [-0.39, 0.29) is 11.8 Å². The van der Waals surface area contributed by atoms with E-state index >= 15 is 0 Å². The molecule has 3 aromatic carbocycles. The number of hydrogen-bond acceptors (Lipinski definition) is 5. The lowest BCUT2D eigenvalue weighted by Gasteiger charge is -2.25. The van der Waals surface area contributed by atoms with Gasteiger partial charge in [0.25, 0.3) is 0 Å². The maximum Gasteiger partial charge on any atom is 0.416 e. The predicted molar refractivity (Wildman–Crippen MR) is 153 cm³/mol. The Morgan fingerprint density at radius 2 is 1.74 bits per heavy atom. The number of nitrogens with zero attached hydrogens (tertiary/aromatic N) is 5. The molecule has 0 saturated carbocycles. The first-order valence-corrected chi connectivity index (χ1v) is 13.1. The number of aliphatic hydroxyl groups excluding tert-OH is 1. The number of halogens is 3. The fourth-order valence-corrected chi connectivity index (χ4v) is 4.72. The Bertz CT molecular complexity index is 1400. The van der Waals surface area contributed by atoms with Gasteiger partial charge < -0.3 is 10.8 Å². The Morgan fingerprint density at radius 1 is 1.05 bits per heavy atom. The van der Waals surface area contributed by atoms with Crippen molar-refractivity contribution in [3.05, 3.63) is 95.1 Å². The van der Waals surface area contributed by atoms with Crippen LogP contribution < -0.4 is 10.6 Å². The normalized spacial score (nSPS) is 17.8. The van der Waals surface area contributed by atoms with Gasteiger partial charge in [0.05, 0.1) is 17.5 Å². The summed E-state index contributed by atoms with van der Waals surface area (Å²) in [5, 5.41) is 19.8. The highest BCUT2D eigenvalue weighted by molar-refractivity contribution is 8.14. The maximum absolute atomic E-state index is 12.7. The van der Waals surface area contributed by atoms with Crippen LogP contribution in [-0.4, -0.2) is 40.6 Å². The minimum atomic E-state index is -4.40. The van der Waals surface area contributed by atoms with E-state index in [9.17, 15) is 18.3 Å². The Morgan fingerprint density at radius 3 is 2.41 bits per heavy atom. The summed E-state index contributed by atoms with van der Waals surface area (Å²) in [6.07, 6.45) is -2.28. The standard InChI is InChI=1S/C28H27F3N6OS/c1-18(2)23-5-3-4-6-24(23)37-25(38)16-39-27(37)36-35-15-19-7-9-20(10-8-19)26(32)34-17-33-22-13-11-21(12-14-22)28(29,30)31/h3-15,17-18,25,38H,16H2,1-2H3,(H2,32,33,34)/b35-15+,36-27+. The quantitative estimate of drug-likeness (QED) is 0.208. The summed E-state index contributed by atoms with van der Waals surface area (Å²) in [7, 11) is 0. The van der Waals surface area contributed by atoms with Gasteiger partial charge in [0, 0.05) is 17.0 Å². The molecule has 4 rings (SSSR count). The smallest absolute Gasteiger partial charge is 0.383 e. The third-order valence-corrected chi connectivity index (χ3v) is 6.84. The number of anilines is 1.